The second-order valence-corrected chi connectivity index (χ2v) is 6.90. The van der Waals surface area contributed by atoms with Gasteiger partial charge in [0.05, 0.1) is 11.5 Å². The lowest BCUT2D eigenvalue weighted by molar-refractivity contribution is -0.384. The van der Waals surface area contributed by atoms with E-state index in [1.165, 1.54) is 6.07 Å². The van der Waals surface area contributed by atoms with E-state index in [0.717, 1.165) is 31.2 Å². The summed E-state index contributed by atoms with van der Waals surface area (Å²) in [6.07, 6.45) is 0. The monoisotopic (exact) mass is 347 g/mol. The highest BCUT2D eigenvalue weighted by atomic mass is 16.6. The summed E-state index contributed by atoms with van der Waals surface area (Å²) >= 11 is 0. The third-order valence-corrected chi connectivity index (χ3v) is 4.58. The van der Waals surface area contributed by atoms with E-state index in [-0.39, 0.29) is 10.6 Å². The van der Waals surface area contributed by atoms with Gasteiger partial charge in [-0.3, -0.25) is 15.0 Å². The molecule has 0 amide bonds. The molecule has 1 saturated heterocycles. The van der Waals surface area contributed by atoms with Crippen molar-refractivity contribution in [3.05, 3.63) is 39.9 Å². The highest BCUT2D eigenvalue weighted by Gasteiger charge is 2.31. The number of nitrogens with zero attached hydrogens (tertiary/aromatic N) is 3. The number of likely N-dealkylation sites (tertiary alicyclic amines) is 1. The van der Waals surface area contributed by atoms with Crippen molar-refractivity contribution >= 4 is 11.6 Å². The molecular weight excluding hydrogens is 318 g/mol. The molecule has 25 heavy (non-hydrogen) atoms. The van der Waals surface area contributed by atoms with E-state index in [0.29, 0.717) is 24.5 Å². The minimum absolute atomic E-state index is 0.0997. The average molecular weight is 347 g/mol. The Morgan fingerprint density at radius 2 is 2.20 bits per heavy atom. The molecule has 0 aliphatic carbocycles. The van der Waals surface area contributed by atoms with Crippen LogP contribution in [0.1, 0.15) is 33.3 Å². The van der Waals surface area contributed by atoms with Gasteiger partial charge in [-0.1, -0.05) is 19.1 Å². The minimum Gasteiger partial charge on any atom is -0.357 e. The summed E-state index contributed by atoms with van der Waals surface area (Å²) in [6.45, 7) is 12.0. The molecule has 0 saturated carbocycles. The fourth-order valence-electron chi connectivity index (χ4n) is 3.05. The number of hydrogen-bond acceptors (Lipinski definition) is 4. The maximum Gasteiger partial charge on any atom is 0.269 e. The number of non-ortho nitro benzene ring substituents is 1. The van der Waals surface area contributed by atoms with Gasteiger partial charge in [-0.2, -0.15) is 0 Å². The van der Waals surface area contributed by atoms with E-state index < -0.39 is 0 Å². The molecular formula is C18H29N5O2. The Balaban J connectivity index is 2.03. The number of benzene rings is 1. The van der Waals surface area contributed by atoms with Crippen LogP contribution in [0.4, 0.5) is 5.69 Å². The maximum absolute atomic E-state index is 10.9. The van der Waals surface area contributed by atoms with Crippen molar-refractivity contribution in [2.24, 2.45) is 10.9 Å². The number of nitro groups is 1. The summed E-state index contributed by atoms with van der Waals surface area (Å²) in [5.74, 6) is 1.31. The third-order valence-electron chi connectivity index (χ3n) is 4.58. The van der Waals surface area contributed by atoms with E-state index >= 15 is 0 Å². The average Bonchev–Trinajstić information content (AvgIpc) is 2.94. The van der Waals surface area contributed by atoms with Gasteiger partial charge in [-0.25, -0.2) is 4.99 Å². The lowest BCUT2D eigenvalue weighted by Crippen LogP contribution is -2.46. The molecule has 138 valence electrons. The molecule has 7 heteroatoms. The highest BCUT2D eigenvalue weighted by molar-refractivity contribution is 5.80. The summed E-state index contributed by atoms with van der Waals surface area (Å²) in [5.41, 5.74) is 0.928. The van der Waals surface area contributed by atoms with Crippen LogP contribution in [0.3, 0.4) is 0 Å². The molecule has 2 atom stereocenters. The second-order valence-electron chi connectivity index (χ2n) is 6.90. The first-order chi connectivity index (χ1) is 11.9. The van der Waals surface area contributed by atoms with Crippen molar-refractivity contribution in [3.8, 4) is 0 Å². The van der Waals surface area contributed by atoms with Crippen LogP contribution in [0.2, 0.25) is 0 Å². The van der Waals surface area contributed by atoms with Crippen molar-refractivity contribution in [3.63, 3.8) is 0 Å². The number of rotatable bonds is 6. The molecule has 0 bridgehead atoms. The van der Waals surface area contributed by atoms with Crippen LogP contribution in [-0.4, -0.2) is 47.5 Å². The lowest BCUT2D eigenvalue weighted by Gasteiger charge is -2.22. The van der Waals surface area contributed by atoms with Crippen molar-refractivity contribution < 1.29 is 4.92 Å². The van der Waals surface area contributed by atoms with Gasteiger partial charge in [0.25, 0.3) is 5.69 Å². The highest BCUT2D eigenvalue weighted by Crippen LogP contribution is 2.18. The van der Waals surface area contributed by atoms with Gasteiger partial charge < -0.3 is 10.6 Å². The van der Waals surface area contributed by atoms with Gasteiger partial charge in [-0.15, -0.1) is 0 Å². The third kappa shape index (κ3) is 5.42. The molecule has 7 nitrogen and oxygen atoms in total. The van der Waals surface area contributed by atoms with Crippen LogP contribution in [0.25, 0.3) is 0 Å². The van der Waals surface area contributed by atoms with Crippen molar-refractivity contribution in [2.45, 2.75) is 46.3 Å². The van der Waals surface area contributed by atoms with Crippen LogP contribution < -0.4 is 10.6 Å². The first-order valence-electron chi connectivity index (χ1n) is 8.93. The van der Waals surface area contributed by atoms with E-state index in [2.05, 4.69) is 41.3 Å². The normalized spacial score (nSPS) is 21.6. The molecule has 1 aromatic rings. The molecule has 1 aliphatic heterocycles. The lowest BCUT2D eigenvalue weighted by atomic mass is 10.1. The zero-order chi connectivity index (χ0) is 18.4. The van der Waals surface area contributed by atoms with Gasteiger partial charge >= 0.3 is 0 Å². The molecule has 2 N–H and O–H groups in total. The van der Waals surface area contributed by atoms with Crippen molar-refractivity contribution in [2.75, 3.05) is 19.6 Å². The maximum atomic E-state index is 10.9. The first kappa shape index (κ1) is 19.2. The van der Waals surface area contributed by atoms with Gasteiger partial charge in [-0.05, 0) is 32.3 Å². The Labute approximate surface area is 149 Å². The largest absolute Gasteiger partial charge is 0.357 e. The summed E-state index contributed by atoms with van der Waals surface area (Å²) < 4.78 is 0. The molecule has 0 radical (unpaired) electrons. The van der Waals surface area contributed by atoms with Gasteiger partial charge in [0.15, 0.2) is 5.96 Å². The Hall–Kier alpha value is -2.15. The topological polar surface area (TPSA) is 82.8 Å². The Morgan fingerprint density at radius 1 is 1.44 bits per heavy atom. The zero-order valence-corrected chi connectivity index (χ0v) is 15.5. The molecule has 2 rings (SSSR count). The summed E-state index contributed by atoms with van der Waals surface area (Å²) in [6, 6.07) is 7.52. The first-order valence-corrected chi connectivity index (χ1v) is 8.93. The van der Waals surface area contributed by atoms with E-state index in [1.54, 1.807) is 12.1 Å². The minimum atomic E-state index is -0.378. The molecule has 0 aromatic heterocycles. The van der Waals surface area contributed by atoms with Crippen molar-refractivity contribution in [1.29, 1.82) is 0 Å². The number of nitrogens with one attached hydrogen (secondary N) is 2. The zero-order valence-electron chi connectivity index (χ0n) is 15.5. The van der Waals surface area contributed by atoms with Crippen LogP contribution in [0, 0.1) is 16.0 Å². The van der Waals surface area contributed by atoms with E-state index in [4.69, 9.17) is 0 Å². The molecule has 1 fully saturated rings. The smallest absolute Gasteiger partial charge is 0.269 e. The van der Waals surface area contributed by atoms with Crippen LogP contribution in [0.15, 0.2) is 29.3 Å². The van der Waals surface area contributed by atoms with Crippen LogP contribution >= 0.6 is 0 Å². The molecule has 1 aliphatic rings. The van der Waals surface area contributed by atoms with E-state index in [9.17, 15) is 10.1 Å². The summed E-state index contributed by atoms with van der Waals surface area (Å²) in [5, 5.41) is 17.7. The number of guanidine groups is 1. The number of aliphatic imine (C=N–C) groups is 1. The van der Waals surface area contributed by atoms with Crippen molar-refractivity contribution in [1.82, 2.24) is 15.5 Å². The van der Waals surface area contributed by atoms with Crippen LogP contribution in [-0.2, 0) is 6.54 Å². The van der Waals surface area contributed by atoms with E-state index in [1.807, 2.05) is 13.0 Å². The van der Waals surface area contributed by atoms with Gasteiger partial charge in [0.2, 0.25) is 0 Å². The Bertz CT molecular complexity index is 617. The van der Waals surface area contributed by atoms with Gasteiger partial charge in [0.1, 0.15) is 0 Å². The van der Waals surface area contributed by atoms with Crippen LogP contribution in [0.5, 0.6) is 0 Å². The summed E-state index contributed by atoms with van der Waals surface area (Å²) in [7, 11) is 0. The number of nitro benzene ring substituents is 1. The fraction of sp³-hybridized carbons (Fsp3) is 0.611. The van der Waals surface area contributed by atoms with Gasteiger partial charge in [0, 0.05) is 43.9 Å². The summed E-state index contributed by atoms with van der Waals surface area (Å²) in [4.78, 5) is 17.6. The predicted molar refractivity (Wildman–Crippen MR) is 101 cm³/mol. The standard InChI is InChI=1S/C18H29N5O2/c1-5-19-18(21-17-12-22(13(2)3)11-14(17)4)20-10-15-7-6-8-16(9-15)23(24)25/h6-9,13-14,17H,5,10-12H2,1-4H3,(H2,19,20,21). The SMILES string of the molecule is CCNC(=NCc1cccc([N+](=O)[O-])c1)NC1CN(C(C)C)CC1C. The molecule has 0 spiro atoms. The molecule has 1 aromatic carbocycles. The Kier molecular flexibility index (Phi) is 6.75. The molecule has 2 unspecified atom stereocenters. The number of hydrogen-bond donors (Lipinski definition) is 2. The quantitative estimate of drug-likeness (QED) is 0.357. The predicted octanol–water partition coefficient (Wildman–Crippen LogP) is 2.38. The Morgan fingerprint density at radius 3 is 2.80 bits per heavy atom. The second kappa shape index (κ2) is 8.80. The molecule has 1 heterocycles. The fourth-order valence-corrected chi connectivity index (χ4v) is 3.05.